The van der Waals surface area contributed by atoms with Crippen molar-refractivity contribution in [2.45, 2.75) is 97.2 Å². The van der Waals surface area contributed by atoms with Crippen molar-refractivity contribution in [2.75, 3.05) is 0 Å². The Morgan fingerprint density at radius 2 is 1.64 bits per heavy atom. The van der Waals surface area contributed by atoms with Crippen LogP contribution >= 0.6 is 0 Å². The Morgan fingerprint density at radius 1 is 1.00 bits per heavy atom. The maximum atomic E-state index is 2.95. The van der Waals surface area contributed by atoms with E-state index in [-0.39, 0.29) is 11.0 Å². The molecule has 1 saturated carbocycles. The van der Waals surface area contributed by atoms with Crippen LogP contribution in [-0.2, 0) is 5.41 Å². The lowest BCUT2D eigenvalue weighted by molar-refractivity contribution is -0.0218. The van der Waals surface area contributed by atoms with Crippen LogP contribution in [0.15, 0.2) is 30.3 Å². The monoisotopic (exact) mass is 341 g/mol. The number of hydrogen-bond donors (Lipinski definition) is 0. The van der Waals surface area contributed by atoms with Gasteiger partial charge in [0.25, 0.3) is 0 Å². The SMILES string of the molecule is CC(C)C1CCCC(C)[C@H]1N1[C@@H](C)C(C)(c2ccccc2)CC1(C)C. The van der Waals surface area contributed by atoms with E-state index < -0.39 is 0 Å². The van der Waals surface area contributed by atoms with E-state index in [1.807, 2.05) is 0 Å². The van der Waals surface area contributed by atoms with Gasteiger partial charge in [-0.05, 0) is 63.4 Å². The first-order valence-corrected chi connectivity index (χ1v) is 10.5. The molecule has 0 amide bonds. The third kappa shape index (κ3) is 3.18. The predicted octanol–water partition coefficient (Wildman–Crippen LogP) is 6.28. The van der Waals surface area contributed by atoms with Gasteiger partial charge in [0.1, 0.15) is 0 Å². The van der Waals surface area contributed by atoms with Gasteiger partial charge in [-0.25, -0.2) is 0 Å². The van der Waals surface area contributed by atoms with Crippen molar-refractivity contribution in [3.05, 3.63) is 35.9 Å². The average molecular weight is 342 g/mol. The van der Waals surface area contributed by atoms with Gasteiger partial charge in [0.15, 0.2) is 0 Å². The van der Waals surface area contributed by atoms with Gasteiger partial charge in [0.05, 0.1) is 0 Å². The van der Waals surface area contributed by atoms with Crippen LogP contribution in [0, 0.1) is 17.8 Å². The molecule has 5 atom stereocenters. The fraction of sp³-hybridized carbons (Fsp3) is 0.750. The first kappa shape index (κ1) is 19.0. The zero-order chi connectivity index (χ0) is 18.4. The summed E-state index contributed by atoms with van der Waals surface area (Å²) in [6.07, 6.45) is 5.47. The van der Waals surface area contributed by atoms with Gasteiger partial charge in [-0.15, -0.1) is 0 Å². The molecule has 25 heavy (non-hydrogen) atoms. The van der Waals surface area contributed by atoms with Crippen molar-refractivity contribution in [1.82, 2.24) is 4.90 Å². The molecule has 2 aliphatic rings. The van der Waals surface area contributed by atoms with Gasteiger partial charge in [-0.3, -0.25) is 4.90 Å². The second-order valence-electron chi connectivity index (χ2n) is 10.2. The van der Waals surface area contributed by atoms with E-state index >= 15 is 0 Å². The molecule has 2 fully saturated rings. The molecule has 1 heteroatoms. The fourth-order valence-electron chi connectivity index (χ4n) is 6.44. The Morgan fingerprint density at radius 3 is 2.24 bits per heavy atom. The summed E-state index contributed by atoms with van der Waals surface area (Å²) in [5, 5.41) is 0. The molecule has 1 aliphatic heterocycles. The maximum Gasteiger partial charge on any atom is 0.0170 e. The zero-order valence-corrected chi connectivity index (χ0v) is 17.5. The number of nitrogens with zero attached hydrogens (tertiary/aromatic N) is 1. The Labute approximate surface area is 156 Å². The smallest absolute Gasteiger partial charge is 0.0170 e. The zero-order valence-electron chi connectivity index (χ0n) is 17.5. The Bertz CT molecular complexity index is 575. The van der Waals surface area contributed by atoms with Crippen LogP contribution in [0.4, 0.5) is 0 Å². The van der Waals surface area contributed by atoms with Gasteiger partial charge < -0.3 is 0 Å². The molecule has 0 aromatic heterocycles. The largest absolute Gasteiger partial charge is 0.291 e. The van der Waals surface area contributed by atoms with E-state index in [9.17, 15) is 0 Å². The molecule has 1 saturated heterocycles. The van der Waals surface area contributed by atoms with E-state index in [0.717, 1.165) is 23.8 Å². The summed E-state index contributed by atoms with van der Waals surface area (Å²) in [6.45, 7) is 17.4. The molecule has 0 bridgehead atoms. The Balaban J connectivity index is 2.00. The molecule has 0 N–H and O–H groups in total. The van der Waals surface area contributed by atoms with E-state index in [2.05, 4.69) is 83.7 Å². The summed E-state index contributed by atoms with van der Waals surface area (Å²) >= 11 is 0. The number of rotatable bonds is 3. The molecule has 1 heterocycles. The average Bonchev–Trinajstić information content (AvgIpc) is 2.74. The number of likely N-dealkylation sites (tertiary alicyclic amines) is 1. The molecular formula is C24H39N. The van der Waals surface area contributed by atoms with Crippen LogP contribution in [-0.4, -0.2) is 22.5 Å². The van der Waals surface area contributed by atoms with E-state index in [1.54, 1.807) is 0 Å². The predicted molar refractivity (Wildman–Crippen MR) is 109 cm³/mol. The first-order chi connectivity index (χ1) is 11.7. The van der Waals surface area contributed by atoms with Crippen molar-refractivity contribution in [3.63, 3.8) is 0 Å². The van der Waals surface area contributed by atoms with Crippen molar-refractivity contribution < 1.29 is 0 Å². The molecular weight excluding hydrogens is 302 g/mol. The standard InChI is InChI=1S/C24H39N/c1-17(2)21-15-11-12-18(3)22(21)25-19(4)24(7,16-23(25,5)6)20-13-9-8-10-14-20/h8-10,13-14,17-19,21-22H,11-12,15-16H2,1-7H3/t18?,19-,21?,22+,24?/m0/s1. The van der Waals surface area contributed by atoms with Gasteiger partial charge in [-0.1, -0.05) is 64.4 Å². The molecule has 0 spiro atoms. The summed E-state index contributed by atoms with van der Waals surface area (Å²) in [4.78, 5) is 2.95. The highest BCUT2D eigenvalue weighted by atomic mass is 15.3. The highest BCUT2D eigenvalue weighted by molar-refractivity contribution is 5.31. The summed E-state index contributed by atoms with van der Waals surface area (Å²) in [5.74, 6) is 2.42. The second kappa shape index (κ2) is 6.72. The normalized spacial score (nSPS) is 39.0. The Hall–Kier alpha value is -0.820. The molecule has 3 unspecified atom stereocenters. The quantitative estimate of drug-likeness (QED) is 0.625. The lowest BCUT2D eigenvalue weighted by Crippen LogP contribution is -2.57. The molecule has 1 aromatic rings. The van der Waals surface area contributed by atoms with Crippen molar-refractivity contribution >= 4 is 0 Å². The third-order valence-corrected chi connectivity index (χ3v) is 7.67. The van der Waals surface area contributed by atoms with Crippen molar-refractivity contribution in [1.29, 1.82) is 0 Å². The minimum absolute atomic E-state index is 0.240. The minimum Gasteiger partial charge on any atom is -0.291 e. The lowest BCUT2D eigenvalue weighted by atomic mass is 9.71. The second-order valence-corrected chi connectivity index (χ2v) is 10.2. The van der Waals surface area contributed by atoms with Gasteiger partial charge in [0.2, 0.25) is 0 Å². The molecule has 1 nitrogen and oxygen atoms in total. The third-order valence-electron chi connectivity index (χ3n) is 7.67. The van der Waals surface area contributed by atoms with Crippen LogP contribution in [0.3, 0.4) is 0 Å². The Kier molecular flexibility index (Phi) is 5.10. The number of benzene rings is 1. The summed E-state index contributed by atoms with van der Waals surface area (Å²) in [6, 6.07) is 12.6. The molecule has 0 radical (unpaired) electrons. The lowest BCUT2D eigenvalue weighted by Gasteiger charge is -2.51. The topological polar surface area (TPSA) is 3.24 Å². The van der Waals surface area contributed by atoms with E-state index in [0.29, 0.717) is 6.04 Å². The highest BCUT2D eigenvalue weighted by Gasteiger charge is 2.56. The van der Waals surface area contributed by atoms with E-state index in [4.69, 9.17) is 0 Å². The first-order valence-electron chi connectivity index (χ1n) is 10.5. The van der Waals surface area contributed by atoms with Crippen LogP contribution in [0.1, 0.15) is 79.7 Å². The van der Waals surface area contributed by atoms with Gasteiger partial charge >= 0.3 is 0 Å². The van der Waals surface area contributed by atoms with Gasteiger partial charge in [-0.2, -0.15) is 0 Å². The van der Waals surface area contributed by atoms with Crippen LogP contribution in [0.2, 0.25) is 0 Å². The molecule has 1 aliphatic carbocycles. The summed E-state index contributed by atoms with van der Waals surface area (Å²) in [7, 11) is 0. The van der Waals surface area contributed by atoms with Gasteiger partial charge in [0, 0.05) is 23.0 Å². The molecule has 3 rings (SSSR count). The molecule has 140 valence electrons. The fourth-order valence-corrected chi connectivity index (χ4v) is 6.44. The highest BCUT2D eigenvalue weighted by Crippen LogP contribution is 2.52. The maximum absolute atomic E-state index is 2.95. The van der Waals surface area contributed by atoms with E-state index in [1.165, 1.54) is 31.2 Å². The minimum atomic E-state index is 0.240. The number of hydrogen-bond acceptors (Lipinski definition) is 1. The summed E-state index contributed by atoms with van der Waals surface area (Å²) < 4.78 is 0. The summed E-state index contributed by atoms with van der Waals surface area (Å²) in [5.41, 5.74) is 2.01. The van der Waals surface area contributed by atoms with Crippen LogP contribution < -0.4 is 0 Å². The van der Waals surface area contributed by atoms with Crippen molar-refractivity contribution in [3.8, 4) is 0 Å². The van der Waals surface area contributed by atoms with Crippen LogP contribution in [0.5, 0.6) is 0 Å². The van der Waals surface area contributed by atoms with Crippen LogP contribution in [0.25, 0.3) is 0 Å². The molecule has 1 aromatic carbocycles. The van der Waals surface area contributed by atoms with Crippen molar-refractivity contribution in [2.24, 2.45) is 17.8 Å².